The number of nitrogens with zero attached hydrogens (tertiary/aromatic N) is 3. The number of amidine groups is 1. The van der Waals surface area contributed by atoms with E-state index in [0.717, 1.165) is 34.2 Å². The summed E-state index contributed by atoms with van der Waals surface area (Å²) in [6.45, 7) is 1.93. The molecular weight excluding hydrogens is 424 g/mol. The van der Waals surface area contributed by atoms with Gasteiger partial charge in [0.05, 0.1) is 7.11 Å². The van der Waals surface area contributed by atoms with Crippen LogP contribution in [0.5, 0.6) is 5.75 Å². The molecule has 32 heavy (non-hydrogen) atoms. The van der Waals surface area contributed by atoms with Gasteiger partial charge in [-0.05, 0) is 37.2 Å². The Morgan fingerprint density at radius 3 is 2.69 bits per heavy atom. The molecule has 4 aliphatic rings. The molecule has 1 N–H and O–H groups in total. The van der Waals surface area contributed by atoms with Gasteiger partial charge in [0.2, 0.25) is 5.91 Å². The Labute approximate surface area is 190 Å². The summed E-state index contributed by atoms with van der Waals surface area (Å²) in [7, 11) is 3.60. The van der Waals surface area contributed by atoms with Crippen LogP contribution < -0.4 is 10.1 Å². The molecule has 0 radical (unpaired) electrons. The van der Waals surface area contributed by atoms with Gasteiger partial charge in [-0.25, -0.2) is 0 Å². The molecule has 2 saturated heterocycles. The minimum atomic E-state index is -1.12. The summed E-state index contributed by atoms with van der Waals surface area (Å²) in [5, 5.41) is 3.82. The van der Waals surface area contributed by atoms with Crippen LogP contribution in [-0.4, -0.2) is 65.3 Å². The van der Waals surface area contributed by atoms with Crippen LogP contribution in [0.15, 0.2) is 53.5 Å². The van der Waals surface area contributed by atoms with E-state index in [0.29, 0.717) is 19.6 Å². The van der Waals surface area contributed by atoms with E-state index in [1.54, 1.807) is 12.0 Å². The molecule has 4 heterocycles. The van der Waals surface area contributed by atoms with E-state index in [2.05, 4.69) is 10.2 Å². The monoisotopic (exact) mass is 448 g/mol. The predicted molar refractivity (Wildman–Crippen MR) is 124 cm³/mol. The van der Waals surface area contributed by atoms with Gasteiger partial charge in [-0.15, -0.1) is 0 Å². The first kappa shape index (κ1) is 19.8. The minimum Gasteiger partial charge on any atom is -0.497 e. The van der Waals surface area contributed by atoms with Crippen LogP contribution >= 0.6 is 11.8 Å². The van der Waals surface area contributed by atoms with Crippen molar-refractivity contribution in [1.82, 2.24) is 9.80 Å². The standard InChI is InChI=1S/C24H24N4O3S/c1-27-14-18(15-8-10-16(31-2)11-9-15)24(21(30)28-13-5-12-25-22(28)32-24)23(27)17-6-3-4-7-19(17)26-20(23)29/h3-4,6-11,18H,5,12-14H2,1-2H3,(H,26,29)/t18-,23+,24-/m1/s1. The number of ether oxygens (including phenoxy) is 1. The lowest BCUT2D eigenvalue weighted by Crippen LogP contribution is -2.61. The minimum absolute atomic E-state index is 0.0158. The maximum Gasteiger partial charge on any atom is 0.251 e. The number of thioether (sulfide) groups is 1. The van der Waals surface area contributed by atoms with Crippen molar-refractivity contribution < 1.29 is 14.3 Å². The van der Waals surface area contributed by atoms with Crippen molar-refractivity contribution in [2.75, 3.05) is 39.1 Å². The van der Waals surface area contributed by atoms with Gasteiger partial charge in [0.1, 0.15) is 10.5 Å². The number of benzene rings is 2. The first-order chi connectivity index (χ1) is 15.5. The van der Waals surface area contributed by atoms with E-state index in [1.807, 2.05) is 55.6 Å². The van der Waals surface area contributed by atoms with Crippen LogP contribution in [0.2, 0.25) is 0 Å². The number of rotatable bonds is 2. The summed E-state index contributed by atoms with van der Waals surface area (Å²) in [4.78, 5) is 36.8. The maximum absolute atomic E-state index is 14.3. The van der Waals surface area contributed by atoms with Crippen LogP contribution in [0.25, 0.3) is 0 Å². The number of fused-ring (bicyclic) bond motifs is 4. The number of amides is 2. The fourth-order valence-electron chi connectivity index (χ4n) is 5.94. The fraction of sp³-hybridized carbons (Fsp3) is 0.375. The Kier molecular flexibility index (Phi) is 4.23. The molecule has 0 aliphatic carbocycles. The average Bonchev–Trinajstić information content (AvgIpc) is 3.39. The third-order valence-corrected chi connectivity index (χ3v) is 8.91. The van der Waals surface area contributed by atoms with Crippen molar-refractivity contribution in [1.29, 1.82) is 0 Å². The lowest BCUT2D eigenvalue weighted by Gasteiger charge is -2.41. The van der Waals surface area contributed by atoms with Gasteiger partial charge >= 0.3 is 0 Å². The summed E-state index contributed by atoms with van der Waals surface area (Å²) in [6, 6.07) is 15.6. The van der Waals surface area contributed by atoms with Crippen molar-refractivity contribution >= 4 is 34.4 Å². The van der Waals surface area contributed by atoms with Gasteiger partial charge < -0.3 is 10.1 Å². The van der Waals surface area contributed by atoms with Gasteiger partial charge in [-0.1, -0.05) is 42.1 Å². The van der Waals surface area contributed by atoms with Crippen molar-refractivity contribution in [2.45, 2.75) is 22.6 Å². The lowest BCUT2D eigenvalue weighted by atomic mass is 9.72. The molecule has 2 amide bonds. The highest BCUT2D eigenvalue weighted by Crippen LogP contribution is 2.65. The second-order valence-corrected chi connectivity index (χ2v) is 9.94. The number of hydrogen-bond acceptors (Lipinski definition) is 6. The average molecular weight is 449 g/mol. The summed E-state index contributed by atoms with van der Waals surface area (Å²) in [5.74, 6) is 0.414. The first-order valence-corrected chi connectivity index (χ1v) is 11.7. The van der Waals surface area contributed by atoms with Gasteiger partial charge in [-0.3, -0.25) is 24.4 Å². The number of para-hydroxylation sites is 1. The van der Waals surface area contributed by atoms with Crippen LogP contribution in [0.1, 0.15) is 23.5 Å². The normalized spacial score (nSPS) is 31.1. The highest BCUT2D eigenvalue weighted by atomic mass is 32.2. The van der Waals surface area contributed by atoms with E-state index in [4.69, 9.17) is 9.73 Å². The van der Waals surface area contributed by atoms with Crippen molar-refractivity contribution in [3.8, 4) is 5.75 Å². The number of nitrogens with one attached hydrogen (secondary N) is 1. The van der Waals surface area contributed by atoms with E-state index in [-0.39, 0.29) is 17.7 Å². The van der Waals surface area contributed by atoms with Crippen LogP contribution in [0, 0.1) is 0 Å². The number of likely N-dealkylation sites (tertiary alicyclic amines) is 1. The molecule has 4 aliphatic heterocycles. The zero-order valence-corrected chi connectivity index (χ0v) is 18.8. The van der Waals surface area contributed by atoms with Crippen LogP contribution in [-0.2, 0) is 15.1 Å². The summed E-state index contributed by atoms with van der Waals surface area (Å²) in [6.07, 6.45) is 0.838. The van der Waals surface area contributed by atoms with Crippen molar-refractivity contribution in [3.05, 3.63) is 59.7 Å². The molecule has 2 spiro atoms. The Bertz CT molecular complexity index is 1170. The van der Waals surface area contributed by atoms with Crippen molar-refractivity contribution in [2.24, 2.45) is 4.99 Å². The molecule has 164 valence electrons. The van der Waals surface area contributed by atoms with E-state index >= 15 is 0 Å². The van der Waals surface area contributed by atoms with Gasteiger partial charge in [0, 0.05) is 36.8 Å². The lowest BCUT2D eigenvalue weighted by molar-refractivity contribution is -0.138. The molecule has 0 aromatic heterocycles. The maximum atomic E-state index is 14.3. The van der Waals surface area contributed by atoms with E-state index in [9.17, 15) is 9.59 Å². The molecular formula is C24H24N4O3S. The third kappa shape index (κ3) is 2.24. The summed E-state index contributed by atoms with van der Waals surface area (Å²) in [5.41, 5.74) is 1.55. The Morgan fingerprint density at radius 2 is 1.94 bits per heavy atom. The second-order valence-electron chi connectivity index (χ2n) is 8.73. The van der Waals surface area contributed by atoms with Crippen LogP contribution in [0.4, 0.5) is 5.69 Å². The Morgan fingerprint density at radius 1 is 1.16 bits per heavy atom. The predicted octanol–water partition coefficient (Wildman–Crippen LogP) is 2.65. The fourth-order valence-corrected chi connectivity index (χ4v) is 7.72. The number of anilines is 1. The zero-order chi connectivity index (χ0) is 22.1. The third-order valence-electron chi connectivity index (χ3n) is 7.30. The Hall–Kier alpha value is -2.84. The number of carbonyl (C=O) groups is 2. The van der Waals surface area contributed by atoms with Gasteiger partial charge in [-0.2, -0.15) is 0 Å². The van der Waals surface area contributed by atoms with E-state index < -0.39 is 10.3 Å². The molecule has 7 nitrogen and oxygen atoms in total. The largest absolute Gasteiger partial charge is 0.497 e. The molecule has 6 rings (SSSR count). The zero-order valence-electron chi connectivity index (χ0n) is 18.0. The Balaban J connectivity index is 1.62. The van der Waals surface area contributed by atoms with Crippen molar-refractivity contribution in [3.63, 3.8) is 0 Å². The molecule has 8 heteroatoms. The number of likely N-dealkylation sites (N-methyl/N-ethyl adjacent to an activating group) is 1. The molecule has 2 aromatic carbocycles. The first-order valence-electron chi connectivity index (χ1n) is 10.9. The molecule has 0 saturated carbocycles. The number of methoxy groups -OCH3 is 1. The highest BCUT2D eigenvalue weighted by Gasteiger charge is 2.77. The number of aliphatic imine (C=N–C) groups is 1. The molecule has 0 bridgehead atoms. The van der Waals surface area contributed by atoms with Gasteiger partial charge in [0.25, 0.3) is 5.91 Å². The summed E-state index contributed by atoms with van der Waals surface area (Å²) >= 11 is 1.49. The summed E-state index contributed by atoms with van der Waals surface area (Å²) < 4.78 is 4.31. The quantitative estimate of drug-likeness (QED) is 0.765. The smallest absolute Gasteiger partial charge is 0.251 e. The van der Waals surface area contributed by atoms with Gasteiger partial charge in [0.15, 0.2) is 10.7 Å². The topological polar surface area (TPSA) is 74.2 Å². The van der Waals surface area contributed by atoms with Crippen LogP contribution in [0.3, 0.4) is 0 Å². The number of carbonyl (C=O) groups excluding carboxylic acids is 2. The molecule has 2 fully saturated rings. The second kappa shape index (κ2) is 6.83. The SMILES string of the molecule is COc1ccc([C@H]2CN(C)[C@@]3(C(=O)Nc4ccccc43)[C@@]23SC2=NCCCN2C3=O)cc1. The van der Waals surface area contributed by atoms with E-state index in [1.165, 1.54) is 11.8 Å². The number of hydrogen-bond donors (Lipinski definition) is 1. The molecule has 2 aromatic rings. The molecule has 0 unspecified atom stereocenters. The highest BCUT2D eigenvalue weighted by molar-refractivity contribution is 8.16. The molecule has 3 atom stereocenters.